The molecule has 0 saturated carbocycles. The molecule has 1 heterocycles. The summed E-state index contributed by atoms with van der Waals surface area (Å²) < 4.78 is 5.85. The first-order valence-corrected chi connectivity index (χ1v) is 7.93. The molecule has 6 nitrogen and oxygen atoms in total. The first kappa shape index (κ1) is 17.8. The van der Waals surface area contributed by atoms with Crippen molar-refractivity contribution in [2.75, 3.05) is 26.2 Å². The summed E-state index contributed by atoms with van der Waals surface area (Å²) >= 11 is 12.0. The first-order chi connectivity index (χ1) is 10.9. The highest BCUT2D eigenvalue weighted by Gasteiger charge is 2.31. The Morgan fingerprint density at radius 1 is 1.39 bits per heavy atom. The fourth-order valence-corrected chi connectivity index (χ4v) is 2.88. The standard InChI is InChI=1S/C15H18Cl2N2O4/c1-9(20)18-7-11-8-19(15(21)22)4-5-23-14(11)10-2-3-12(16)13(17)6-10/h2-3,6,11,14H,4-5,7-8H2,1H3,(H,18,20)(H,21,22). The lowest BCUT2D eigenvalue weighted by molar-refractivity contribution is -0.119. The van der Waals surface area contributed by atoms with Crippen LogP contribution in [-0.4, -0.2) is 48.2 Å². The van der Waals surface area contributed by atoms with E-state index in [1.165, 1.54) is 11.8 Å². The highest BCUT2D eigenvalue weighted by atomic mass is 35.5. The lowest BCUT2D eigenvalue weighted by Gasteiger charge is -2.27. The molecule has 2 rings (SSSR count). The fourth-order valence-electron chi connectivity index (χ4n) is 2.57. The van der Waals surface area contributed by atoms with Crippen molar-refractivity contribution in [2.45, 2.75) is 13.0 Å². The average Bonchev–Trinajstić information content (AvgIpc) is 2.70. The van der Waals surface area contributed by atoms with Gasteiger partial charge in [0.05, 0.1) is 22.8 Å². The van der Waals surface area contributed by atoms with Gasteiger partial charge in [-0.2, -0.15) is 0 Å². The minimum Gasteiger partial charge on any atom is -0.465 e. The highest BCUT2D eigenvalue weighted by molar-refractivity contribution is 6.42. The molecule has 0 radical (unpaired) electrons. The summed E-state index contributed by atoms with van der Waals surface area (Å²) in [7, 11) is 0. The van der Waals surface area contributed by atoms with Crippen LogP contribution in [-0.2, 0) is 9.53 Å². The van der Waals surface area contributed by atoms with Gasteiger partial charge in [0.25, 0.3) is 0 Å². The van der Waals surface area contributed by atoms with E-state index >= 15 is 0 Å². The number of carboxylic acid groups (broad SMARTS) is 1. The average molecular weight is 361 g/mol. The van der Waals surface area contributed by atoms with Crippen LogP contribution in [0.25, 0.3) is 0 Å². The molecule has 8 heteroatoms. The van der Waals surface area contributed by atoms with Crippen molar-refractivity contribution >= 4 is 35.2 Å². The maximum absolute atomic E-state index is 11.3. The molecule has 0 aliphatic carbocycles. The molecular formula is C15H18Cl2N2O4. The van der Waals surface area contributed by atoms with E-state index in [0.717, 1.165) is 5.56 Å². The van der Waals surface area contributed by atoms with Gasteiger partial charge in [0.2, 0.25) is 5.91 Å². The van der Waals surface area contributed by atoms with Gasteiger partial charge in [0.15, 0.2) is 0 Å². The highest BCUT2D eigenvalue weighted by Crippen LogP contribution is 2.33. The van der Waals surface area contributed by atoms with Crippen LogP contribution in [0.3, 0.4) is 0 Å². The Hall–Kier alpha value is -1.50. The minimum atomic E-state index is -1.00. The summed E-state index contributed by atoms with van der Waals surface area (Å²) in [4.78, 5) is 23.8. The molecular weight excluding hydrogens is 343 g/mol. The molecule has 0 spiro atoms. The van der Waals surface area contributed by atoms with Gasteiger partial charge in [-0.25, -0.2) is 4.79 Å². The van der Waals surface area contributed by atoms with Crippen molar-refractivity contribution in [1.29, 1.82) is 0 Å². The Kier molecular flexibility index (Phi) is 6.10. The third-order valence-electron chi connectivity index (χ3n) is 3.70. The van der Waals surface area contributed by atoms with Gasteiger partial charge < -0.3 is 20.1 Å². The maximum atomic E-state index is 11.3. The fraction of sp³-hybridized carbons (Fsp3) is 0.467. The number of benzene rings is 1. The molecule has 2 amide bonds. The van der Waals surface area contributed by atoms with Gasteiger partial charge in [0, 0.05) is 32.5 Å². The summed E-state index contributed by atoms with van der Waals surface area (Å²) in [6.45, 7) is 2.54. The van der Waals surface area contributed by atoms with Gasteiger partial charge in [-0.15, -0.1) is 0 Å². The molecule has 1 saturated heterocycles. The number of carbonyl (C=O) groups excluding carboxylic acids is 1. The summed E-state index contributed by atoms with van der Waals surface area (Å²) in [5, 5.41) is 12.8. The van der Waals surface area contributed by atoms with Crippen molar-refractivity contribution in [3.63, 3.8) is 0 Å². The van der Waals surface area contributed by atoms with E-state index in [2.05, 4.69) is 5.32 Å². The van der Waals surface area contributed by atoms with Crippen molar-refractivity contribution < 1.29 is 19.4 Å². The molecule has 1 aliphatic rings. The second-order valence-corrected chi connectivity index (χ2v) is 6.21. The Morgan fingerprint density at radius 3 is 2.74 bits per heavy atom. The SMILES string of the molecule is CC(=O)NCC1CN(C(=O)O)CCOC1c1ccc(Cl)c(Cl)c1. The number of hydrogen-bond donors (Lipinski definition) is 2. The number of amides is 2. The van der Waals surface area contributed by atoms with Gasteiger partial charge >= 0.3 is 6.09 Å². The molecule has 2 N–H and O–H groups in total. The van der Waals surface area contributed by atoms with E-state index in [-0.39, 0.29) is 37.6 Å². The Bertz CT molecular complexity index is 597. The van der Waals surface area contributed by atoms with E-state index in [4.69, 9.17) is 27.9 Å². The molecule has 1 aliphatic heterocycles. The van der Waals surface area contributed by atoms with Crippen LogP contribution >= 0.6 is 23.2 Å². The Labute approximate surface area is 144 Å². The van der Waals surface area contributed by atoms with Gasteiger partial charge in [0.1, 0.15) is 0 Å². The van der Waals surface area contributed by atoms with E-state index in [1.54, 1.807) is 18.2 Å². The van der Waals surface area contributed by atoms with Crippen LogP contribution in [0, 0.1) is 5.92 Å². The zero-order valence-electron chi connectivity index (χ0n) is 12.6. The second kappa shape index (κ2) is 7.86. The Morgan fingerprint density at radius 2 is 2.13 bits per heavy atom. The van der Waals surface area contributed by atoms with E-state index < -0.39 is 6.09 Å². The normalized spacial score (nSPS) is 21.6. The summed E-state index contributed by atoms with van der Waals surface area (Å²) in [5.41, 5.74) is 0.807. The molecule has 2 unspecified atom stereocenters. The molecule has 1 aromatic carbocycles. The monoisotopic (exact) mass is 360 g/mol. The maximum Gasteiger partial charge on any atom is 0.407 e. The molecule has 126 valence electrons. The Balaban J connectivity index is 2.26. The van der Waals surface area contributed by atoms with Gasteiger partial charge in [-0.05, 0) is 17.7 Å². The van der Waals surface area contributed by atoms with Gasteiger partial charge in [-0.3, -0.25) is 4.79 Å². The van der Waals surface area contributed by atoms with Crippen LogP contribution in [0.5, 0.6) is 0 Å². The molecule has 0 aromatic heterocycles. The zero-order valence-corrected chi connectivity index (χ0v) is 14.1. The van der Waals surface area contributed by atoms with Crippen LogP contribution in [0.2, 0.25) is 10.0 Å². The quantitative estimate of drug-likeness (QED) is 0.868. The van der Waals surface area contributed by atoms with Gasteiger partial charge in [-0.1, -0.05) is 29.3 Å². The number of rotatable bonds is 3. The van der Waals surface area contributed by atoms with Crippen LogP contribution in [0.4, 0.5) is 4.79 Å². The van der Waals surface area contributed by atoms with E-state index in [1.807, 2.05) is 0 Å². The van der Waals surface area contributed by atoms with Crippen LogP contribution in [0.1, 0.15) is 18.6 Å². The number of carbonyl (C=O) groups is 2. The number of nitrogens with one attached hydrogen (secondary N) is 1. The van der Waals surface area contributed by atoms with Crippen molar-refractivity contribution in [3.05, 3.63) is 33.8 Å². The lowest BCUT2D eigenvalue weighted by Crippen LogP contribution is -2.39. The van der Waals surface area contributed by atoms with Crippen molar-refractivity contribution in [2.24, 2.45) is 5.92 Å². The third kappa shape index (κ3) is 4.73. The topological polar surface area (TPSA) is 78.9 Å². The van der Waals surface area contributed by atoms with E-state index in [9.17, 15) is 14.7 Å². The van der Waals surface area contributed by atoms with Crippen LogP contribution < -0.4 is 5.32 Å². The summed E-state index contributed by atoms with van der Waals surface area (Å²) in [6.07, 6.45) is -1.38. The molecule has 23 heavy (non-hydrogen) atoms. The van der Waals surface area contributed by atoms with Crippen molar-refractivity contribution in [3.8, 4) is 0 Å². The molecule has 1 fully saturated rings. The smallest absolute Gasteiger partial charge is 0.407 e. The molecule has 2 atom stereocenters. The number of halogens is 2. The molecule has 1 aromatic rings. The number of nitrogens with zero attached hydrogens (tertiary/aromatic N) is 1. The lowest BCUT2D eigenvalue weighted by atomic mass is 9.95. The largest absolute Gasteiger partial charge is 0.465 e. The predicted molar refractivity (Wildman–Crippen MR) is 86.9 cm³/mol. The first-order valence-electron chi connectivity index (χ1n) is 7.17. The number of ether oxygens (including phenoxy) is 1. The summed E-state index contributed by atoms with van der Waals surface area (Å²) in [6, 6.07) is 5.19. The third-order valence-corrected chi connectivity index (χ3v) is 4.44. The van der Waals surface area contributed by atoms with Crippen molar-refractivity contribution in [1.82, 2.24) is 10.2 Å². The minimum absolute atomic E-state index is 0.177. The number of hydrogen-bond acceptors (Lipinski definition) is 3. The summed E-state index contributed by atoms with van der Waals surface area (Å²) in [5.74, 6) is -0.404. The van der Waals surface area contributed by atoms with E-state index in [0.29, 0.717) is 16.6 Å². The van der Waals surface area contributed by atoms with Crippen LogP contribution in [0.15, 0.2) is 18.2 Å². The zero-order chi connectivity index (χ0) is 17.0. The molecule has 0 bridgehead atoms. The second-order valence-electron chi connectivity index (χ2n) is 5.39. The predicted octanol–water partition coefficient (Wildman–Crippen LogP) is 2.80.